The summed E-state index contributed by atoms with van der Waals surface area (Å²) in [6.07, 6.45) is 1.77. The number of ether oxygens (including phenoxy) is 1. The Bertz CT molecular complexity index is 614. The third-order valence-corrected chi connectivity index (χ3v) is 4.16. The minimum atomic E-state index is -0.309. The zero-order valence-electron chi connectivity index (χ0n) is 14.2. The van der Waals surface area contributed by atoms with Gasteiger partial charge in [0.05, 0.1) is 30.6 Å². The second-order valence-corrected chi connectivity index (χ2v) is 6.89. The third kappa shape index (κ3) is 4.30. The SMILES string of the molecule is CC1(C)CN(C(=O)Cn2cc(CN3CCNC(=O)C3)nn2)CCO1. The van der Waals surface area contributed by atoms with Gasteiger partial charge in [-0.15, -0.1) is 5.10 Å². The first kappa shape index (κ1) is 16.8. The number of hydrogen-bond acceptors (Lipinski definition) is 6. The Labute approximate surface area is 140 Å². The number of hydrogen-bond donors (Lipinski definition) is 1. The number of carbonyl (C=O) groups is 2. The van der Waals surface area contributed by atoms with Crippen LogP contribution in [-0.4, -0.2) is 81.5 Å². The quantitative estimate of drug-likeness (QED) is 0.746. The molecule has 0 atom stereocenters. The van der Waals surface area contributed by atoms with Crippen molar-refractivity contribution >= 4 is 11.8 Å². The number of carbonyl (C=O) groups excluding carboxylic acids is 2. The fraction of sp³-hybridized carbons (Fsp3) is 0.733. The van der Waals surface area contributed by atoms with Gasteiger partial charge >= 0.3 is 0 Å². The van der Waals surface area contributed by atoms with E-state index in [2.05, 4.69) is 15.6 Å². The molecule has 2 saturated heterocycles. The highest BCUT2D eigenvalue weighted by Crippen LogP contribution is 2.16. The minimum absolute atomic E-state index is 0.0141. The molecular formula is C15H24N6O3. The Kier molecular flexibility index (Phi) is 4.81. The molecule has 0 aromatic carbocycles. The molecule has 1 N–H and O–H groups in total. The summed E-state index contributed by atoms with van der Waals surface area (Å²) in [5.74, 6) is 0.0407. The van der Waals surface area contributed by atoms with Crippen molar-refractivity contribution < 1.29 is 14.3 Å². The van der Waals surface area contributed by atoms with Gasteiger partial charge in [0, 0.05) is 32.7 Å². The van der Waals surface area contributed by atoms with Crippen molar-refractivity contribution in [3.05, 3.63) is 11.9 Å². The van der Waals surface area contributed by atoms with Crippen LogP contribution in [0.15, 0.2) is 6.20 Å². The van der Waals surface area contributed by atoms with Crippen molar-refractivity contribution in [3.8, 4) is 0 Å². The maximum absolute atomic E-state index is 12.4. The molecule has 2 aliphatic rings. The minimum Gasteiger partial charge on any atom is -0.372 e. The summed E-state index contributed by atoms with van der Waals surface area (Å²) < 4.78 is 7.19. The molecule has 0 unspecified atom stereocenters. The van der Waals surface area contributed by atoms with E-state index >= 15 is 0 Å². The van der Waals surface area contributed by atoms with E-state index in [0.29, 0.717) is 39.3 Å². The van der Waals surface area contributed by atoms with Gasteiger partial charge in [-0.1, -0.05) is 5.21 Å². The van der Waals surface area contributed by atoms with Crippen LogP contribution < -0.4 is 5.32 Å². The molecule has 24 heavy (non-hydrogen) atoms. The molecule has 2 aliphatic heterocycles. The van der Waals surface area contributed by atoms with E-state index in [1.165, 1.54) is 0 Å². The molecule has 2 amide bonds. The van der Waals surface area contributed by atoms with Gasteiger partial charge in [0.25, 0.3) is 0 Å². The summed E-state index contributed by atoms with van der Waals surface area (Å²) in [5.41, 5.74) is 0.454. The molecule has 3 rings (SSSR count). The lowest BCUT2D eigenvalue weighted by Crippen LogP contribution is -2.51. The molecule has 2 fully saturated rings. The van der Waals surface area contributed by atoms with Crippen molar-refractivity contribution in [2.45, 2.75) is 32.5 Å². The third-order valence-electron chi connectivity index (χ3n) is 4.16. The van der Waals surface area contributed by atoms with Gasteiger partial charge in [-0.05, 0) is 13.8 Å². The maximum Gasteiger partial charge on any atom is 0.244 e. The van der Waals surface area contributed by atoms with E-state index in [0.717, 1.165) is 12.2 Å². The highest BCUT2D eigenvalue weighted by atomic mass is 16.5. The molecule has 1 aromatic heterocycles. The highest BCUT2D eigenvalue weighted by molar-refractivity contribution is 5.78. The smallest absolute Gasteiger partial charge is 0.244 e. The number of nitrogens with one attached hydrogen (secondary N) is 1. The van der Waals surface area contributed by atoms with E-state index in [9.17, 15) is 9.59 Å². The van der Waals surface area contributed by atoms with Crippen LogP contribution in [0.4, 0.5) is 0 Å². The van der Waals surface area contributed by atoms with Crippen LogP contribution in [0, 0.1) is 0 Å². The van der Waals surface area contributed by atoms with Gasteiger partial charge in [0.1, 0.15) is 6.54 Å². The van der Waals surface area contributed by atoms with Crippen molar-refractivity contribution in [2.24, 2.45) is 0 Å². The molecule has 3 heterocycles. The number of rotatable bonds is 4. The lowest BCUT2D eigenvalue weighted by atomic mass is 10.1. The van der Waals surface area contributed by atoms with Crippen LogP contribution in [0.5, 0.6) is 0 Å². The Balaban J connectivity index is 1.53. The van der Waals surface area contributed by atoms with Crippen LogP contribution in [-0.2, 0) is 27.4 Å². The monoisotopic (exact) mass is 336 g/mol. The van der Waals surface area contributed by atoms with Crippen LogP contribution >= 0.6 is 0 Å². The Hall–Kier alpha value is -2.00. The second kappa shape index (κ2) is 6.86. The first-order chi connectivity index (χ1) is 11.4. The summed E-state index contributed by atoms with van der Waals surface area (Å²) in [7, 11) is 0. The van der Waals surface area contributed by atoms with Gasteiger partial charge in [0.15, 0.2) is 0 Å². The van der Waals surface area contributed by atoms with Crippen LogP contribution in [0.3, 0.4) is 0 Å². The standard InChI is InChI=1S/C15H24N6O3/c1-15(2)11-20(5-6-24-15)14(23)10-21-8-12(17-18-21)7-19-4-3-16-13(22)9-19/h8H,3-7,9-11H2,1-2H3,(H,16,22). The van der Waals surface area contributed by atoms with Crippen molar-refractivity contribution in [1.82, 2.24) is 30.1 Å². The summed E-state index contributed by atoms with van der Waals surface area (Å²) in [6, 6.07) is 0. The number of aromatic nitrogens is 3. The maximum atomic E-state index is 12.4. The van der Waals surface area contributed by atoms with E-state index in [-0.39, 0.29) is 24.0 Å². The van der Waals surface area contributed by atoms with Gasteiger partial charge < -0.3 is 15.0 Å². The largest absolute Gasteiger partial charge is 0.372 e. The molecule has 9 nitrogen and oxygen atoms in total. The summed E-state index contributed by atoms with van der Waals surface area (Å²) in [5, 5.41) is 10.9. The van der Waals surface area contributed by atoms with Gasteiger partial charge in [-0.3, -0.25) is 14.5 Å². The highest BCUT2D eigenvalue weighted by Gasteiger charge is 2.30. The second-order valence-electron chi connectivity index (χ2n) is 6.89. The molecule has 0 aliphatic carbocycles. The molecular weight excluding hydrogens is 312 g/mol. The fourth-order valence-electron chi connectivity index (χ4n) is 3.01. The lowest BCUT2D eigenvalue weighted by molar-refractivity contribution is -0.146. The van der Waals surface area contributed by atoms with Crippen LogP contribution in [0.1, 0.15) is 19.5 Å². The van der Waals surface area contributed by atoms with E-state index in [4.69, 9.17) is 4.74 Å². The number of amides is 2. The fourth-order valence-corrected chi connectivity index (χ4v) is 3.01. The van der Waals surface area contributed by atoms with Crippen LogP contribution in [0.25, 0.3) is 0 Å². The van der Waals surface area contributed by atoms with E-state index in [1.807, 2.05) is 18.7 Å². The molecule has 0 spiro atoms. The predicted octanol–water partition coefficient (Wildman–Crippen LogP) is -1.15. The first-order valence-electron chi connectivity index (χ1n) is 8.21. The number of piperazine rings is 1. The molecule has 9 heteroatoms. The molecule has 0 radical (unpaired) electrons. The summed E-state index contributed by atoms with van der Waals surface area (Å²) >= 11 is 0. The first-order valence-corrected chi connectivity index (χ1v) is 8.21. The Morgan fingerprint density at radius 2 is 2.25 bits per heavy atom. The molecule has 132 valence electrons. The average molecular weight is 336 g/mol. The topological polar surface area (TPSA) is 92.6 Å². The molecule has 0 bridgehead atoms. The van der Waals surface area contributed by atoms with Crippen molar-refractivity contribution in [1.29, 1.82) is 0 Å². The normalized spacial score (nSPS) is 21.6. The van der Waals surface area contributed by atoms with E-state index < -0.39 is 0 Å². The number of nitrogens with zero attached hydrogens (tertiary/aromatic N) is 5. The zero-order chi connectivity index (χ0) is 17.2. The lowest BCUT2D eigenvalue weighted by Gasteiger charge is -2.38. The van der Waals surface area contributed by atoms with Crippen LogP contribution in [0.2, 0.25) is 0 Å². The van der Waals surface area contributed by atoms with E-state index in [1.54, 1.807) is 15.8 Å². The molecule has 0 saturated carbocycles. The van der Waals surface area contributed by atoms with Crippen molar-refractivity contribution in [3.63, 3.8) is 0 Å². The number of morpholine rings is 1. The average Bonchev–Trinajstić information content (AvgIpc) is 2.93. The van der Waals surface area contributed by atoms with Gasteiger partial charge in [-0.25, -0.2) is 4.68 Å². The molecule has 1 aromatic rings. The summed E-state index contributed by atoms with van der Waals surface area (Å²) in [4.78, 5) is 27.6. The predicted molar refractivity (Wildman–Crippen MR) is 84.9 cm³/mol. The van der Waals surface area contributed by atoms with Gasteiger partial charge in [-0.2, -0.15) is 0 Å². The van der Waals surface area contributed by atoms with Gasteiger partial charge in [0.2, 0.25) is 11.8 Å². The van der Waals surface area contributed by atoms with Crippen molar-refractivity contribution in [2.75, 3.05) is 39.3 Å². The summed E-state index contributed by atoms with van der Waals surface area (Å²) in [6.45, 7) is 8.24. The Morgan fingerprint density at radius 3 is 3.00 bits per heavy atom. The Morgan fingerprint density at radius 1 is 1.42 bits per heavy atom. The zero-order valence-corrected chi connectivity index (χ0v) is 14.2.